The molecule has 0 spiro atoms. The molecule has 4 nitrogen and oxygen atoms in total. The summed E-state index contributed by atoms with van der Waals surface area (Å²) in [5.41, 5.74) is 0.952. The van der Waals surface area contributed by atoms with E-state index in [2.05, 4.69) is 20.7 Å². The molecule has 0 saturated carbocycles. The molecule has 0 fully saturated rings. The molecule has 1 aromatic rings. The Kier molecular flexibility index (Phi) is 4.32. The lowest BCUT2D eigenvalue weighted by Crippen LogP contribution is -2.15. The number of carbonyl (C=O) groups is 1. The molecule has 1 aromatic carbocycles. The number of hydrogen-bond donors (Lipinski definition) is 2. The number of aliphatic hydroxyl groups is 1. The van der Waals surface area contributed by atoms with E-state index in [4.69, 9.17) is 0 Å². The van der Waals surface area contributed by atoms with Gasteiger partial charge in [-0.1, -0.05) is 15.9 Å². The number of hydrogen-bond acceptors (Lipinski definition) is 4. The van der Waals surface area contributed by atoms with E-state index in [0.717, 1.165) is 0 Å². The van der Waals surface area contributed by atoms with Gasteiger partial charge in [0.1, 0.15) is 5.75 Å². The molecule has 0 aliphatic rings. The van der Waals surface area contributed by atoms with Crippen LogP contribution in [0.2, 0.25) is 0 Å². The van der Waals surface area contributed by atoms with Gasteiger partial charge < -0.3 is 14.9 Å². The molecule has 16 heavy (non-hydrogen) atoms. The zero-order valence-electron chi connectivity index (χ0n) is 9.03. The lowest BCUT2D eigenvalue weighted by Gasteiger charge is -2.12. The highest BCUT2D eigenvalue weighted by atomic mass is 79.9. The van der Waals surface area contributed by atoms with Crippen molar-refractivity contribution < 1.29 is 19.7 Å². The third-order valence-electron chi connectivity index (χ3n) is 2.16. The van der Waals surface area contributed by atoms with E-state index in [-0.39, 0.29) is 12.4 Å². The van der Waals surface area contributed by atoms with Gasteiger partial charge in [-0.3, -0.25) is 0 Å². The first kappa shape index (κ1) is 13.0. The molecule has 0 radical (unpaired) electrons. The molecule has 0 aromatic heterocycles. The minimum absolute atomic E-state index is 0.0210. The molecule has 1 rings (SSSR count). The van der Waals surface area contributed by atoms with Gasteiger partial charge in [0.15, 0.2) is 6.10 Å². The van der Waals surface area contributed by atoms with Crippen LogP contribution in [0.4, 0.5) is 0 Å². The lowest BCUT2D eigenvalue weighted by molar-refractivity contribution is -0.153. The van der Waals surface area contributed by atoms with Crippen LogP contribution in [-0.4, -0.2) is 22.8 Å². The van der Waals surface area contributed by atoms with Crippen LogP contribution in [0, 0.1) is 6.92 Å². The highest BCUT2D eigenvalue weighted by molar-refractivity contribution is 9.10. The van der Waals surface area contributed by atoms with E-state index in [1.165, 1.54) is 6.07 Å². The van der Waals surface area contributed by atoms with Gasteiger partial charge in [0, 0.05) is 10.0 Å². The van der Waals surface area contributed by atoms with E-state index in [1.807, 2.05) is 0 Å². The maximum atomic E-state index is 11.3. The van der Waals surface area contributed by atoms with Crippen molar-refractivity contribution in [2.24, 2.45) is 0 Å². The predicted molar refractivity (Wildman–Crippen MR) is 62.1 cm³/mol. The molecule has 0 aliphatic heterocycles. The molecular formula is C11H13BrO4. The molecular weight excluding hydrogens is 276 g/mol. The Morgan fingerprint density at radius 2 is 2.19 bits per heavy atom. The number of phenols is 1. The molecule has 2 N–H and O–H groups in total. The molecule has 0 heterocycles. The van der Waals surface area contributed by atoms with Gasteiger partial charge >= 0.3 is 5.97 Å². The number of benzene rings is 1. The van der Waals surface area contributed by atoms with Crippen LogP contribution in [0.25, 0.3) is 0 Å². The molecule has 0 bridgehead atoms. The summed E-state index contributed by atoms with van der Waals surface area (Å²) < 4.78 is 5.31. The number of halogens is 1. The Morgan fingerprint density at radius 1 is 1.56 bits per heavy atom. The molecule has 88 valence electrons. The lowest BCUT2D eigenvalue weighted by atomic mass is 10.1. The number of phenolic OH excluding ortho intramolecular Hbond substituents is 1. The second-order valence-corrected chi connectivity index (χ2v) is 4.16. The monoisotopic (exact) mass is 288 g/mol. The molecule has 0 saturated heterocycles. The zero-order valence-corrected chi connectivity index (χ0v) is 10.6. The molecule has 0 amide bonds. The highest BCUT2D eigenvalue weighted by Crippen LogP contribution is 2.30. The SMILES string of the molecule is CCOC(=O)C(O)c1cc(O)c(C)c(Br)c1. The largest absolute Gasteiger partial charge is 0.508 e. The Balaban J connectivity index is 3.01. The van der Waals surface area contributed by atoms with Crippen molar-refractivity contribution in [2.45, 2.75) is 20.0 Å². The first-order valence-electron chi connectivity index (χ1n) is 4.81. The maximum absolute atomic E-state index is 11.3. The van der Waals surface area contributed by atoms with Gasteiger partial charge in [0.25, 0.3) is 0 Å². The summed E-state index contributed by atoms with van der Waals surface area (Å²) in [5, 5.41) is 19.2. The summed E-state index contributed by atoms with van der Waals surface area (Å²) in [4.78, 5) is 11.3. The number of aromatic hydroxyl groups is 1. The third-order valence-corrected chi connectivity index (χ3v) is 2.99. The maximum Gasteiger partial charge on any atom is 0.339 e. The van der Waals surface area contributed by atoms with E-state index >= 15 is 0 Å². The van der Waals surface area contributed by atoms with Crippen molar-refractivity contribution in [3.63, 3.8) is 0 Å². The smallest absolute Gasteiger partial charge is 0.339 e. The number of ether oxygens (including phenoxy) is 1. The van der Waals surface area contributed by atoms with E-state index in [1.54, 1.807) is 19.9 Å². The van der Waals surface area contributed by atoms with Crippen molar-refractivity contribution in [2.75, 3.05) is 6.61 Å². The minimum atomic E-state index is -1.37. The Hall–Kier alpha value is -1.07. The van der Waals surface area contributed by atoms with Crippen molar-refractivity contribution in [3.8, 4) is 5.75 Å². The minimum Gasteiger partial charge on any atom is -0.508 e. The number of esters is 1. The zero-order chi connectivity index (χ0) is 12.3. The average molecular weight is 289 g/mol. The fourth-order valence-electron chi connectivity index (χ4n) is 1.20. The van der Waals surface area contributed by atoms with Crippen LogP contribution in [0.15, 0.2) is 16.6 Å². The predicted octanol–water partition coefficient (Wildman–Crippen LogP) is 2.06. The average Bonchev–Trinajstić information content (AvgIpc) is 2.24. The van der Waals surface area contributed by atoms with Gasteiger partial charge in [-0.2, -0.15) is 0 Å². The summed E-state index contributed by atoms with van der Waals surface area (Å²) in [6.45, 7) is 3.59. The van der Waals surface area contributed by atoms with Gasteiger partial charge in [0.05, 0.1) is 6.61 Å². The fraction of sp³-hybridized carbons (Fsp3) is 0.364. The first-order valence-corrected chi connectivity index (χ1v) is 5.60. The Labute approximate surface area is 102 Å². The van der Waals surface area contributed by atoms with Crippen molar-refractivity contribution in [3.05, 3.63) is 27.7 Å². The van der Waals surface area contributed by atoms with Crippen molar-refractivity contribution in [1.29, 1.82) is 0 Å². The van der Waals surface area contributed by atoms with Crippen LogP contribution < -0.4 is 0 Å². The molecule has 5 heteroatoms. The van der Waals surface area contributed by atoms with Gasteiger partial charge in [-0.15, -0.1) is 0 Å². The van der Waals surface area contributed by atoms with Crippen LogP contribution in [0.3, 0.4) is 0 Å². The summed E-state index contributed by atoms with van der Waals surface area (Å²) in [5.74, 6) is -0.703. The fourth-order valence-corrected chi connectivity index (χ4v) is 1.67. The normalized spacial score (nSPS) is 12.2. The van der Waals surface area contributed by atoms with E-state index < -0.39 is 12.1 Å². The second kappa shape index (κ2) is 5.32. The van der Waals surface area contributed by atoms with Crippen LogP contribution in [0.5, 0.6) is 5.75 Å². The van der Waals surface area contributed by atoms with Crippen molar-refractivity contribution >= 4 is 21.9 Å². The topological polar surface area (TPSA) is 66.8 Å². The molecule has 1 unspecified atom stereocenters. The number of aliphatic hydroxyl groups excluding tert-OH is 1. The summed E-state index contributed by atoms with van der Waals surface area (Å²) in [7, 11) is 0. The standard InChI is InChI=1S/C11H13BrO4/c1-3-16-11(15)10(14)7-4-8(12)6(2)9(13)5-7/h4-5,10,13-14H,3H2,1-2H3. The molecule has 1 atom stereocenters. The van der Waals surface area contributed by atoms with Gasteiger partial charge in [0.2, 0.25) is 0 Å². The van der Waals surface area contributed by atoms with Gasteiger partial charge in [-0.25, -0.2) is 4.79 Å². The first-order chi connectivity index (χ1) is 7.47. The van der Waals surface area contributed by atoms with Crippen LogP contribution in [-0.2, 0) is 9.53 Å². The summed E-state index contributed by atoms with van der Waals surface area (Å²) >= 11 is 3.23. The van der Waals surface area contributed by atoms with Gasteiger partial charge in [-0.05, 0) is 31.5 Å². The highest BCUT2D eigenvalue weighted by Gasteiger charge is 2.20. The summed E-state index contributed by atoms with van der Waals surface area (Å²) in [6.07, 6.45) is -1.37. The van der Waals surface area contributed by atoms with Crippen LogP contribution in [0.1, 0.15) is 24.2 Å². The molecule has 0 aliphatic carbocycles. The quantitative estimate of drug-likeness (QED) is 0.836. The van der Waals surface area contributed by atoms with Crippen molar-refractivity contribution in [1.82, 2.24) is 0 Å². The van der Waals surface area contributed by atoms with E-state index in [9.17, 15) is 15.0 Å². The number of rotatable bonds is 3. The Morgan fingerprint density at radius 3 is 2.69 bits per heavy atom. The summed E-state index contributed by atoms with van der Waals surface area (Å²) in [6, 6.07) is 2.93. The van der Waals surface area contributed by atoms with Crippen LogP contribution >= 0.6 is 15.9 Å². The Bertz CT molecular complexity index is 380. The second-order valence-electron chi connectivity index (χ2n) is 3.30. The third kappa shape index (κ3) is 2.74. The number of carbonyl (C=O) groups excluding carboxylic acids is 1. The van der Waals surface area contributed by atoms with E-state index in [0.29, 0.717) is 15.6 Å².